The molecule has 4 heterocycles. The van der Waals surface area contributed by atoms with Crippen molar-refractivity contribution in [1.29, 1.82) is 0 Å². The molecular weight excluding hydrogens is 721 g/mol. The molecule has 0 N–H and O–H groups in total. The van der Waals surface area contributed by atoms with Crippen molar-refractivity contribution in [2.45, 2.75) is 0 Å². The van der Waals surface area contributed by atoms with Crippen LogP contribution in [0.1, 0.15) is 0 Å². The van der Waals surface area contributed by atoms with Gasteiger partial charge in [0, 0.05) is 53.2 Å². The molecule has 0 unspecified atom stereocenters. The van der Waals surface area contributed by atoms with Crippen LogP contribution in [-0.4, -0.2) is 19.9 Å². The minimum absolute atomic E-state index is 0.577. The number of para-hydroxylation sites is 1. The van der Waals surface area contributed by atoms with Gasteiger partial charge in [0.1, 0.15) is 16.7 Å². The number of oxazole rings is 1. The Bertz CT molecular complexity index is 3530. The number of fused-ring (bicyclic) bond motifs is 10. The molecule has 0 saturated carbocycles. The Morgan fingerprint density at radius 3 is 1.89 bits per heavy atom. The second-order valence-corrected chi connectivity index (χ2v) is 15.3. The van der Waals surface area contributed by atoms with Crippen molar-refractivity contribution >= 4 is 75.3 Å². The van der Waals surface area contributed by atoms with Crippen LogP contribution in [0.5, 0.6) is 0 Å². The highest BCUT2D eigenvalue weighted by molar-refractivity contribution is 7.26. The van der Waals surface area contributed by atoms with E-state index in [1.165, 1.54) is 4.70 Å². The standard InChI is InChI=1S/C50H28N4O2S/c1-3-11-29(12-4-1)32-15-9-16-33(27-32)47-52-48(54-49(53-47)36-18-10-20-40-43(36)35-17-7-8-19-39(35)55-40)34-22-21-30-23-25-41-44(37(30)28-34)45-42(57-41)26-24-38-46(45)56-50(51-38)31-13-5-2-6-14-31/h1-28H. The summed E-state index contributed by atoms with van der Waals surface area (Å²) in [5.74, 6) is 2.36. The van der Waals surface area contributed by atoms with E-state index >= 15 is 0 Å². The summed E-state index contributed by atoms with van der Waals surface area (Å²) in [6, 6.07) is 58.1. The lowest BCUT2D eigenvalue weighted by molar-refractivity contribution is 0.623. The smallest absolute Gasteiger partial charge is 0.227 e. The van der Waals surface area contributed by atoms with E-state index in [1.807, 2.05) is 66.7 Å². The number of furan rings is 1. The molecule has 0 aliphatic carbocycles. The maximum Gasteiger partial charge on any atom is 0.227 e. The lowest BCUT2D eigenvalue weighted by Crippen LogP contribution is -2.00. The first-order valence-electron chi connectivity index (χ1n) is 18.8. The van der Waals surface area contributed by atoms with Crippen molar-refractivity contribution in [3.63, 3.8) is 0 Å². The third kappa shape index (κ3) is 5.17. The summed E-state index contributed by atoms with van der Waals surface area (Å²) >= 11 is 1.76. The van der Waals surface area contributed by atoms with E-state index in [4.69, 9.17) is 28.8 Å². The number of rotatable bonds is 5. The second-order valence-electron chi connectivity index (χ2n) is 14.2. The van der Waals surface area contributed by atoms with Crippen molar-refractivity contribution in [2.75, 3.05) is 0 Å². The maximum absolute atomic E-state index is 6.58. The van der Waals surface area contributed by atoms with Crippen molar-refractivity contribution in [3.8, 4) is 56.7 Å². The van der Waals surface area contributed by atoms with E-state index in [1.54, 1.807) is 11.3 Å². The number of benzene rings is 8. The van der Waals surface area contributed by atoms with Crippen LogP contribution in [0.2, 0.25) is 0 Å². The Labute approximate surface area is 329 Å². The second kappa shape index (κ2) is 12.5. The lowest BCUT2D eigenvalue weighted by atomic mass is 10.0. The van der Waals surface area contributed by atoms with E-state index in [-0.39, 0.29) is 0 Å². The van der Waals surface area contributed by atoms with Crippen LogP contribution in [0, 0.1) is 0 Å². The molecule has 0 aliphatic rings. The quantitative estimate of drug-likeness (QED) is 0.174. The molecule has 4 aromatic heterocycles. The van der Waals surface area contributed by atoms with Gasteiger partial charge in [-0.3, -0.25) is 0 Å². The SMILES string of the molecule is c1ccc(-c2cccc(-c3nc(-c4ccc5ccc6sc7ccc8nc(-c9ccccc9)oc8c7c6c5c4)nc(-c4cccc5oc6ccccc6c45)n3)c2)cc1. The van der Waals surface area contributed by atoms with Crippen LogP contribution < -0.4 is 0 Å². The average molecular weight is 749 g/mol. The monoisotopic (exact) mass is 748 g/mol. The molecule has 0 fully saturated rings. The minimum atomic E-state index is 0.577. The number of aromatic nitrogens is 4. The van der Waals surface area contributed by atoms with Gasteiger partial charge in [-0.15, -0.1) is 11.3 Å². The fraction of sp³-hybridized carbons (Fsp3) is 0. The normalized spacial score (nSPS) is 11.9. The zero-order chi connectivity index (χ0) is 37.5. The Kier molecular flexibility index (Phi) is 7.00. The van der Waals surface area contributed by atoms with Crippen LogP contribution in [0.15, 0.2) is 179 Å². The van der Waals surface area contributed by atoms with Crippen LogP contribution in [0.3, 0.4) is 0 Å². The molecule has 0 aliphatic heterocycles. The fourth-order valence-electron chi connectivity index (χ4n) is 8.08. The summed E-state index contributed by atoms with van der Waals surface area (Å²) in [5.41, 5.74) is 9.07. The van der Waals surface area contributed by atoms with Gasteiger partial charge in [-0.1, -0.05) is 115 Å². The van der Waals surface area contributed by atoms with E-state index in [2.05, 4.69) is 103 Å². The van der Waals surface area contributed by atoms with Crippen LogP contribution in [0.4, 0.5) is 0 Å². The minimum Gasteiger partial charge on any atom is -0.456 e. The molecule has 0 atom stereocenters. The summed E-state index contributed by atoms with van der Waals surface area (Å²) in [5, 5.41) is 6.41. The number of nitrogens with zero attached hydrogens (tertiary/aromatic N) is 4. The third-order valence-electron chi connectivity index (χ3n) is 10.8. The maximum atomic E-state index is 6.58. The average Bonchev–Trinajstić information content (AvgIpc) is 4.00. The van der Waals surface area contributed by atoms with E-state index in [9.17, 15) is 0 Å². The molecule has 7 heteroatoms. The summed E-state index contributed by atoms with van der Waals surface area (Å²) in [4.78, 5) is 20.6. The highest BCUT2D eigenvalue weighted by Crippen LogP contribution is 2.44. The van der Waals surface area contributed by atoms with Crippen molar-refractivity contribution in [2.24, 2.45) is 0 Å². The predicted octanol–water partition coefficient (Wildman–Crippen LogP) is 13.8. The highest BCUT2D eigenvalue weighted by Gasteiger charge is 2.20. The van der Waals surface area contributed by atoms with Gasteiger partial charge < -0.3 is 8.83 Å². The van der Waals surface area contributed by atoms with Gasteiger partial charge in [0.05, 0.1) is 0 Å². The molecule has 12 aromatic rings. The van der Waals surface area contributed by atoms with Gasteiger partial charge in [0.15, 0.2) is 23.1 Å². The first-order valence-corrected chi connectivity index (χ1v) is 19.6. The summed E-state index contributed by atoms with van der Waals surface area (Å²) < 4.78 is 15.2. The van der Waals surface area contributed by atoms with Gasteiger partial charge in [-0.2, -0.15) is 0 Å². The van der Waals surface area contributed by atoms with Crippen molar-refractivity contribution in [1.82, 2.24) is 19.9 Å². The number of thiophene rings is 1. The fourth-order valence-corrected chi connectivity index (χ4v) is 9.20. The predicted molar refractivity (Wildman–Crippen MR) is 232 cm³/mol. The van der Waals surface area contributed by atoms with Crippen LogP contribution >= 0.6 is 11.3 Å². The topological polar surface area (TPSA) is 77.8 Å². The molecule has 0 radical (unpaired) electrons. The van der Waals surface area contributed by atoms with Gasteiger partial charge in [-0.25, -0.2) is 19.9 Å². The van der Waals surface area contributed by atoms with Gasteiger partial charge in [0.2, 0.25) is 5.89 Å². The number of hydrogen-bond donors (Lipinski definition) is 0. The van der Waals surface area contributed by atoms with Gasteiger partial charge in [-0.05, 0) is 76.5 Å². The molecular formula is C50H28N4O2S. The van der Waals surface area contributed by atoms with Gasteiger partial charge in [0.25, 0.3) is 0 Å². The molecule has 12 rings (SSSR count). The zero-order valence-corrected chi connectivity index (χ0v) is 31.0. The van der Waals surface area contributed by atoms with Gasteiger partial charge >= 0.3 is 0 Å². The van der Waals surface area contributed by atoms with Crippen molar-refractivity contribution < 1.29 is 8.83 Å². The lowest BCUT2D eigenvalue weighted by Gasteiger charge is -2.11. The molecule has 266 valence electrons. The van der Waals surface area contributed by atoms with E-state index in [0.29, 0.717) is 23.4 Å². The summed E-state index contributed by atoms with van der Waals surface area (Å²) in [6.07, 6.45) is 0. The summed E-state index contributed by atoms with van der Waals surface area (Å²) in [6.45, 7) is 0. The van der Waals surface area contributed by atoms with Crippen LogP contribution in [0.25, 0.3) is 121 Å². The first kappa shape index (κ1) is 31.8. The number of hydrogen-bond acceptors (Lipinski definition) is 7. The Balaban J connectivity index is 1.10. The molecule has 6 nitrogen and oxygen atoms in total. The Morgan fingerprint density at radius 2 is 1.04 bits per heavy atom. The van der Waals surface area contributed by atoms with E-state index in [0.717, 1.165) is 92.7 Å². The molecule has 8 aromatic carbocycles. The van der Waals surface area contributed by atoms with Crippen LogP contribution in [-0.2, 0) is 0 Å². The molecule has 0 amide bonds. The molecule has 0 bridgehead atoms. The molecule has 0 spiro atoms. The Hall–Kier alpha value is -7.48. The third-order valence-corrected chi connectivity index (χ3v) is 11.9. The largest absolute Gasteiger partial charge is 0.456 e. The van der Waals surface area contributed by atoms with Crippen molar-refractivity contribution in [3.05, 3.63) is 170 Å². The summed E-state index contributed by atoms with van der Waals surface area (Å²) in [7, 11) is 0. The first-order chi connectivity index (χ1) is 28.2. The highest BCUT2D eigenvalue weighted by atomic mass is 32.1. The molecule has 57 heavy (non-hydrogen) atoms. The zero-order valence-electron chi connectivity index (χ0n) is 30.2. The Morgan fingerprint density at radius 1 is 0.386 bits per heavy atom. The van der Waals surface area contributed by atoms with E-state index < -0.39 is 0 Å². The molecule has 0 saturated heterocycles.